The van der Waals surface area contributed by atoms with Gasteiger partial charge in [0, 0.05) is 44.6 Å². The van der Waals surface area contributed by atoms with Crippen LogP contribution in [0.5, 0.6) is 5.75 Å². The van der Waals surface area contributed by atoms with Gasteiger partial charge >= 0.3 is 0 Å². The number of amides is 1. The number of rotatable bonds is 6. The van der Waals surface area contributed by atoms with Gasteiger partial charge in [0.05, 0.1) is 6.61 Å². The lowest BCUT2D eigenvalue weighted by molar-refractivity contribution is -0.134. The zero-order valence-electron chi connectivity index (χ0n) is 17.6. The summed E-state index contributed by atoms with van der Waals surface area (Å²) in [6.07, 6.45) is 7.49. The monoisotopic (exact) mass is 398 g/mol. The van der Waals surface area contributed by atoms with Gasteiger partial charge in [-0.25, -0.2) is 0 Å². The third-order valence-corrected chi connectivity index (χ3v) is 6.31. The van der Waals surface area contributed by atoms with E-state index in [0.29, 0.717) is 5.91 Å². The first kappa shape index (κ1) is 20.0. The molecule has 3 aliphatic rings. The van der Waals surface area contributed by atoms with Crippen molar-refractivity contribution in [2.45, 2.75) is 57.9 Å². The first-order valence-electron chi connectivity index (χ1n) is 11.3. The van der Waals surface area contributed by atoms with Crippen LogP contribution in [0.2, 0.25) is 0 Å². The molecule has 1 saturated carbocycles. The molecular weight excluding hydrogens is 364 g/mol. The van der Waals surface area contributed by atoms with Crippen LogP contribution in [0.3, 0.4) is 0 Å². The molecule has 0 radical (unpaired) electrons. The Kier molecular flexibility index (Phi) is 6.57. The Morgan fingerprint density at radius 3 is 2.97 bits per heavy atom. The smallest absolute Gasteiger partial charge is 0.225 e. The highest BCUT2D eigenvalue weighted by atomic mass is 16.5. The molecule has 1 saturated heterocycles. The Balaban J connectivity index is 1.28. The van der Waals surface area contributed by atoms with E-state index in [1.165, 1.54) is 24.0 Å². The summed E-state index contributed by atoms with van der Waals surface area (Å²) in [7, 11) is 0. The number of nitrogens with zero attached hydrogens (tertiary/aromatic N) is 2. The maximum Gasteiger partial charge on any atom is 0.225 e. The van der Waals surface area contributed by atoms with E-state index in [1.807, 2.05) is 0 Å². The van der Waals surface area contributed by atoms with Gasteiger partial charge in [-0.05, 0) is 49.8 Å². The molecule has 6 nitrogen and oxygen atoms in total. The predicted octanol–water partition coefficient (Wildman–Crippen LogP) is 2.51. The van der Waals surface area contributed by atoms with Gasteiger partial charge in [-0.3, -0.25) is 9.79 Å². The van der Waals surface area contributed by atoms with Crippen molar-refractivity contribution in [1.29, 1.82) is 0 Å². The van der Waals surface area contributed by atoms with E-state index >= 15 is 0 Å². The molecule has 29 heavy (non-hydrogen) atoms. The minimum absolute atomic E-state index is 0.272. The highest BCUT2D eigenvalue weighted by molar-refractivity contribution is 5.81. The minimum Gasteiger partial charge on any atom is -0.493 e. The molecule has 1 aromatic rings. The number of nitrogens with one attached hydrogen (secondary N) is 2. The minimum atomic E-state index is 0.272. The molecule has 158 valence electrons. The van der Waals surface area contributed by atoms with E-state index in [2.05, 4.69) is 40.7 Å². The average Bonchev–Trinajstić information content (AvgIpc) is 3.48. The molecule has 0 spiro atoms. The number of carbonyl (C=O) groups excluding carboxylic acids is 1. The number of fused-ring (bicyclic) bond motifs is 1. The van der Waals surface area contributed by atoms with Crippen molar-refractivity contribution in [3.05, 3.63) is 29.3 Å². The molecule has 4 rings (SSSR count). The van der Waals surface area contributed by atoms with E-state index in [1.54, 1.807) is 0 Å². The first-order valence-corrected chi connectivity index (χ1v) is 11.3. The highest BCUT2D eigenvalue weighted by Gasteiger charge is 2.32. The summed E-state index contributed by atoms with van der Waals surface area (Å²) in [6, 6.07) is 6.76. The Hall–Kier alpha value is -2.24. The molecule has 2 fully saturated rings. The van der Waals surface area contributed by atoms with E-state index in [-0.39, 0.29) is 12.0 Å². The Morgan fingerprint density at radius 1 is 1.28 bits per heavy atom. The molecular formula is C23H34N4O2. The van der Waals surface area contributed by atoms with Crippen LogP contribution in [0.15, 0.2) is 23.2 Å². The van der Waals surface area contributed by atoms with E-state index in [4.69, 9.17) is 9.73 Å². The topological polar surface area (TPSA) is 66.0 Å². The number of hydrogen-bond acceptors (Lipinski definition) is 3. The fourth-order valence-corrected chi connectivity index (χ4v) is 4.71. The SMILES string of the molecule is CCNC(=NCCc1ccc2c(c1)CCO2)NC1CCN(C(=O)C2CCCC2)C1. The van der Waals surface area contributed by atoms with Crippen molar-refractivity contribution in [1.82, 2.24) is 15.5 Å². The molecule has 1 unspecified atom stereocenters. The maximum atomic E-state index is 12.7. The first-order chi connectivity index (χ1) is 14.2. The summed E-state index contributed by atoms with van der Waals surface area (Å²) in [5.74, 6) is 2.53. The normalized spacial score (nSPS) is 21.9. The second-order valence-electron chi connectivity index (χ2n) is 8.45. The predicted molar refractivity (Wildman–Crippen MR) is 115 cm³/mol. The molecule has 2 N–H and O–H groups in total. The standard InChI is InChI=1S/C23H34N4O2/c1-2-24-23(25-12-9-17-7-8-21-19(15-17)11-14-29-21)26-20-10-13-27(16-20)22(28)18-5-3-4-6-18/h7-8,15,18,20H,2-6,9-14,16H2,1H3,(H2,24,25,26). The van der Waals surface area contributed by atoms with Crippen LogP contribution in [0, 0.1) is 5.92 Å². The quantitative estimate of drug-likeness (QED) is 0.571. The number of likely N-dealkylation sites (tertiary alicyclic amines) is 1. The van der Waals surface area contributed by atoms with Crippen molar-refractivity contribution in [3.8, 4) is 5.75 Å². The zero-order valence-corrected chi connectivity index (χ0v) is 17.6. The number of aliphatic imine (C=N–C) groups is 1. The van der Waals surface area contributed by atoms with Crippen molar-refractivity contribution in [2.75, 3.05) is 32.8 Å². The lowest BCUT2D eigenvalue weighted by atomic mass is 10.1. The fraction of sp³-hybridized carbons (Fsp3) is 0.652. The highest BCUT2D eigenvalue weighted by Crippen LogP contribution is 2.28. The summed E-state index contributed by atoms with van der Waals surface area (Å²) >= 11 is 0. The summed E-state index contributed by atoms with van der Waals surface area (Å²) in [5.41, 5.74) is 2.62. The summed E-state index contributed by atoms with van der Waals surface area (Å²) in [6.45, 7) is 6.12. The van der Waals surface area contributed by atoms with Gasteiger partial charge in [0.25, 0.3) is 0 Å². The second kappa shape index (κ2) is 9.51. The third-order valence-electron chi connectivity index (χ3n) is 6.31. The van der Waals surface area contributed by atoms with Gasteiger partial charge in [0.2, 0.25) is 5.91 Å². The van der Waals surface area contributed by atoms with Gasteiger partial charge in [-0.15, -0.1) is 0 Å². The summed E-state index contributed by atoms with van der Waals surface area (Å²) < 4.78 is 5.58. The van der Waals surface area contributed by atoms with E-state index in [9.17, 15) is 4.79 Å². The third kappa shape index (κ3) is 5.03. The molecule has 0 aromatic heterocycles. The molecule has 0 bridgehead atoms. The lowest BCUT2D eigenvalue weighted by Gasteiger charge is -2.21. The number of benzene rings is 1. The number of hydrogen-bond donors (Lipinski definition) is 2. The van der Waals surface area contributed by atoms with E-state index < -0.39 is 0 Å². The molecule has 2 aliphatic heterocycles. The molecule has 2 heterocycles. The van der Waals surface area contributed by atoms with Gasteiger partial charge in [0.15, 0.2) is 5.96 Å². The Morgan fingerprint density at radius 2 is 2.14 bits per heavy atom. The average molecular weight is 399 g/mol. The number of guanidine groups is 1. The molecule has 6 heteroatoms. The molecule has 1 amide bonds. The van der Waals surface area contributed by atoms with Gasteiger partial charge in [-0.2, -0.15) is 0 Å². The maximum absolute atomic E-state index is 12.7. The Labute approximate surface area is 174 Å². The molecule has 1 aromatic carbocycles. The van der Waals surface area contributed by atoms with Crippen LogP contribution in [0.25, 0.3) is 0 Å². The summed E-state index contributed by atoms with van der Waals surface area (Å²) in [4.78, 5) is 19.5. The Bertz CT molecular complexity index is 742. The zero-order chi connectivity index (χ0) is 20.1. The van der Waals surface area contributed by atoms with Crippen LogP contribution in [0.1, 0.15) is 50.2 Å². The van der Waals surface area contributed by atoms with Crippen molar-refractivity contribution >= 4 is 11.9 Å². The van der Waals surface area contributed by atoms with Crippen molar-refractivity contribution in [3.63, 3.8) is 0 Å². The van der Waals surface area contributed by atoms with Gasteiger partial charge in [-0.1, -0.05) is 25.0 Å². The van der Waals surface area contributed by atoms with E-state index in [0.717, 1.165) is 76.6 Å². The lowest BCUT2D eigenvalue weighted by Crippen LogP contribution is -2.45. The van der Waals surface area contributed by atoms with Crippen LogP contribution in [-0.4, -0.2) is 55.6 Å². The van der Waals surface area contributed by atoms with Crippen molar-refractivity contribution in [2.24, 2.45) is 10.9 Å². The van der Waals surface area contributed by atoms with Crippen LogP contribution >= 0.6 is 0 Å². The van der Waals surface area contributed by atoms with Gasteiger partial charge in [0.1, 0.15) is 5.75 Å². The van der Waals surface area contributed by atoms with Gasteiger partial charge < -0.3 is 20.3 Å². The largest absolute Gasteiger partial charge is 0.493 e. The summed E-state index contributed by atoms with van der Waals surface area (Å²) in [5, 5.41) is 6.90. The fourth-order valence-electron chi connectivity index (χ4n) is 4.71. The number of ether oxygens (including phenoxy) is 1. The second-order valence-corrected chi connectivity index (χ2v) is 8.45. The van der Waals surface area contributed by atoms with Crippen molar-refractivity contribution < 1.29 is 9.53 Å². The van der Waals surface area contributed by atoms with Crippen LogP contribution in [-0.2, 0) is 17.6 Å². The number of carbonyl (C=O) groups is 1. The van der Waals surface area contributed by atoms with Crippen LogP contribution < -0.4 is 15.4 Å². The molecule has 1 aliphatic carbocycles. The molecule has 1 atom stereocenters. The van der Waals surface area contributed by atoms with Crippen LogP contribution in [0.4, 0.5) is 0 Å².